The summed E-state index contributed by atoms with van der Waals surface area (Å²) in [5, 5.41) is 26.2. The number of nitrogens with one attached hydrogen (secondary N) is 2. The van der Waals surface area contributed by atoms with E-state index in [2.05, 4.69) is 10.6 Å². The number of hydrogen-bond donors (Lipinski definition) is 4. The van der Waals surface area contributed by atoms with Crippen molar-refractivity contribution < 1.29 is 30.7 Å². The summed E-state index contributed by atoms with van der Waals surface area (Å²) in [6, 6.07) is 7.77. The number of fused-ring (bicyclic) bond motifs is 1. The Balaban J connectivity index is 0.00000243. The van der Waals surface area contributed by atoms with Gasteiger partial charge in [-0.05, 0) is 30.9 Å². The summed E-state index contributed by atoms with van der Waals surface area (Å²) in [6.07, 6.45) is 1.02. The van der Waals surface area contributed by atoms with Crippen LogP contribution in [-0.4, -0.2) is 83.1 Å². The number of para-hydroxylation sites is 1. The van der Waals surface area contributed by atoms with Gasteiger partial charge in [0.25, 0.3) is 0 Å². The number of halogens is 1. The Bertz CT molecular complexity index is 594. The number of aliphatic hydroxyl groups excluding tert-OH is 2. The molecule has 1 aromatic carbocycles. The van der Waals surface area contributed by atoms with Crippen LogP contribution >= 0.6 is 12.4 Å². The maximum atomic E-state index is 11.6. The second-order valence-electron chi connectivity index (χ2n) is 6.71. The zero-order valence-electron chi connectivity index (χ0n) is 15.8. The van der Waals surface area contributed by atoms with Crippen molar-refractivity contribution in [1.82, 2.24) is 15.5 Å². The molecule has 3 rings (SSSR count). The number of aryl methyl sites for hydroxylation is 1. The predicted molar refractivity (Wildman–Crippen MR) is 108 cm³/mol. The van der Waals surface area contributed by atoms with Crippen molar-refractivity contribution in [1.29, 1.82) is 0 Å². The van der Waals surface area contributed by atoms with E-state index in [0.29, 0.717) is 32.7 Å². The number of nitrogens with zero attached hydrogens (tertiary/aromatic N) is 1. The van der Waals surface area contributed by atoms with Gasteiger partial charge in [-0.1, -0.05) is 18.2 Å². The molecule has 0 radical (unpaired) electrons. The standard InChI is InChI=1S/C18H27N3O4.ClH.2H2O/c22-14(12-21-9-3-8-20-18(21)24)10-19-11-15(23)17-7-6-13-4-1-2-5-16(13)25-17;;;/h1-2,4-5,14-15,17,19,22-23H,3,6-12H2,(H,20,24);1H;2*1H2. The smallest absolute Gasteiger partial charge is 0.317 e. The van der Waals surface area contributed by atoms with Crippen LogP contribution in [0.3, 0.4) is 0 Å². The average Bonchev–Trinajstić information content (AvgIpc) is 2.63. The molecular formula is C18H32ClN3O6. The second-order valence-corrected chi connectivity index (χ2v) is 6.71. The number of aliphatic hydroxyl groups is 2. The second kappa shape index (κ2) is 12.8. The van der Waals surface area contributed by atoms with E-state index in [0.717, 1.165) is 25.0 Å². The molecule has 10 heteroatoms. The van der Waals surface area contributed by atoms with Crippen molar-refractivity contribution in [2.24, 2.45) is 0 Å². The third-order valence-corrected chi connectivity index (χ3v) is 4.71. The molecule has 0 aromatic heterocycles. The summed E-state index contributed by atoms with van der Waals surface area (Å²) in [5.41, 5.74) is 1.18. The predicted octanol–water partition coefficient (Wildman–Crippen LogP) is -1.12. The Morgan fingerprint density at radius 1 is 1.25 bits per heavy atom. The lowest BCUT2D eigenvalue weighted by Gasteiger charge is -2.31. The van der Waals surface area contributed by atoms with E-state index in [1.54, 1.807) is 4.90 Å². The lowest BCUT2D eigenvalue weighted by Crippen LogP contribution is -2.51. The van der Waals surface area contributed by atoms with Crippen molar-refractivity contribution in [2.75, 3.05) is 32.7 Å². The van der Waals surface area contributed by atoms with Crippen molar-refractivity contribution in [2.45, 2.75) is 37.6 Å². The molecule has 1 fully saturated rings. The van der Waals surface area contributed by atoms with Gasteiger partial charge in [0.15, 0.2) is 0 Å². The van der Waals surface area contributed by atoms with Gasteiger partial charge in [-0.15, -0.1) is 12.4 Å². The van der Waals surface area contributed by atoms with Crippen molar-refractivity contribution in [3.8, 4) is 5.75 Å². The number of β-amino-alcohol motifs (C(OH)–C–C–N with tert-alkyl or cyclic N) is 1. The highest BCUT2D eigenvalue weighted by Gasteiger charge is 2.26. The first-order chi connectivity index (χ1) is 12.1. The minimum atomic E-state index is -0.663. The summed E-state index contributed by atoms with van der Waals surface area (Å²) >= 11 is 0. The maximum Gasteiger partial charge on any atom is 0.317 e. The minimum absolute atomic E-state index is 0. The fourth-order valence-electron chi connectivity index (χ4n) is 3.32. The molecule has 3 atom stereocenters. The number of urea groups is 1. The Hall–Kier alpha value is -1.62. The zero-order chi connectivity index (χ0) is 17.6. The largest absolute Gasteiger partial charge is 0.487 e. The highest BCUT2D eigenvalue weighted by molar-refractivity contribution is 5.85. The Kier molecular flexibility index (Phi) is 12.0. The van der Waals surface area contributed by atoms with E-state index in [4.69, 9.17) is 4.74 Å². The topological polar surface area (TPSA) is 157 Å². The van der Waals surface area contributed by atoms with Gasteiger partial charge in [-0.3, -0.25) is 0 Å². The summed E-state index contributed by atoms with van der Waals surface area (Å²) < 4.78 is 5.87. The van der Waals surface area contributed by atoms with E-state index < -0.39 is 12.2 Å². The van der Waals surface area contributed by atoms with Gasteiger partial charge in [-0.2, -0.15) is 0 Å². The van der Waals surface area contributed by atoms with Gasteiger partial charge < -0.3 is 41.4 Å². The van der Waals surface area contributed by atoms with Gasteiger partial charge in [0.1, 0.15) is 18.0 Å². The molecule has 1 aromatic rings. The quantitative estimate of drug-likeness (QED) is 0.438. The van der Waals surface area contributed by atoms with Crippen molar-refractivity contribution >= 4 is 18.4 Å². The molecule has 0 bridgehead atoms. The molecule has 0 spiro atoms. The lowest BCUT2D eigenvalue weighted by atomic mass is 9.99. The van der Waals surface area contributed by atoms with Gasteiger partial charge >= 0.3 is 6.03 Å². The first-order valence-electron chi connectivity index (χ1n) is 8.97. The average molecular weight is 422 g/mol. The number of carbonyl (C=O) groups is 1. The molecule has 2 aliphatic heterocycles. The van der Waals surface area contributed by atoms with E-state index in [-0.39, 0.29) is 35.5 Å². The third-order valence-electron chi connectivity index (χ3n) is 4.71. The first-order valence-corrected chi connectivity index (χ1v) is 8.97. The zero-order valence-corrected chi connectivity index (χ0v) is 16.6. The summed E-state index contributed by atoms with van der Waals surface area (Å²) in [5.74, 6) is 0.842. The highest BCUT2D eigenvalue weighted by atomic mass is 35.5. The molecule has 28 heavy (non-hydrogen) atoms. The summed E-state index contributed by atoms with van der Waals surface area (Å²) in [7, 11) is 0. The van der Waals surface area contributed by atoms with E-state index in [1.807, 2.05) is 24.3 Å². The molecule has 2 amide bonds. The van der Waals surface area contributed by atoms with Crippen LogP contribution in [0.25, 0.3) is 0 Å². The van der Waals surface area contributed by atoms with E-state index in [1.165, 1.54) is 5.56 Å². The van der Waals surface area contributed by atoms with Gasteiger partial charge in [0, 0.05) is 32.7 Å². The summed E-state index contributed by atoms with van der Waals surface area (Å²) in [6.45, 7) is 2.32. The van der Waals surface area contributed by atoms with Crippen LogP contribution in [0.2, 0.25) is 0 Å². The van der Waals surface area contributed by atoms with Crippen molar-refractivity contribution in [3.63, 3.8) is 0 Å². The van der Waals surface area contributed by atoms with Gasteiger partial charge in [0.2, 0.25) is 0 Å². The maximum absolute atomic E-state index is 11.6. The lowest BCUT2D eigenvalue weighted by molar-refractivity contribution is 0.0220. The highest BCUT2D eigenvalue weighted by Crippen LogP contribution is 2.28. The van der Waals surface area contributed by atoms with E-state index >= 15 is 0 Å². The molecule has 1 saturated heterocycles. The van der Waals surface area contributed by atoms with Crippen molar-refractivity contribution in [3.05, 3.63) is 29.8 Å². The molecule has 0 saturated carbocycles. The number of carbonyl (C=O) groups excluding carboxylic acids is 1. The molecule has 162 valence electrons. The van der Waals surface area contributed by atoms with Crippen LogP contribution in [0.5, 0.6) is 5.75 Å². The molecule has 8 N–H and O–H groups in total. The molecule has 9 nitrogen and oxygen atoms in total. The number of rotatable bonds is 7. The fourth-order valence-corrected chi connectivity index (χ4v) is 3.32. The van der Waals surface area contributed by atoms with Gasteiger partial charge in [-0.25, -0.2) is 4.79 Å². The minimum Gasteiger partial charge on any atom is -0.487 e. The first kappa shape index (κ1) is 26.4. The molecule has 2 aliphatic rings. The Morgan fingerprint density at radius 3 is 2.75 bits per heavy atom. The van der Waals surface area contributed by atoms with Crippen LogP contribution in [0.4, 0.5) is 4.79 Å². The fraction of sp³-hybridized carbons (Fsp3) is 0.611. The van der Waals surface area contributed by atoms with Gasteiger partial charge in [0.05, 0.1) is 6.10 Å². The van der Waals surface area contributed by atoms with Crippen LogP contribution in [0, 0.1) is 0 Å². The van der Waals surface area contributed by atoms with Crippen LogP contribution in [-0.2, 0) is 6.42 Å². The molecule has 3 unspecified atom stereocenters. The molecule has 0 aliphatic carbocycles. The van der Waals surface area contributed by atoms with Crippen LogP contribution in [0.15, 0.2) is 24.3 Å². The molecule has 2 heterocycles. The monoisotopic (exact) mass is 421 g/mol. The molecular weight excluding hydrogens is 390 g/mol. The summed E-state index contributed by atoms with van der Waals surface area (Å²) in [4.78, 5) is 13.3. The number of ether oxygens (including phenoxy) is 1. The number of hydrogen-bond acceptors (Lipinski definition) is 5. The third kappa shape index (κ3) is 7.08. The Morgan fingerprint density at radius 2 is 2.00 bits per heavy atom. The van der Waals surface area contributed by atoms with Crippen LogP contribution < -0.4 is 15.4 Å². The van der Waals surface area contributed by atoms with Crippen LogP contribution in [0.1, 0.15) is 18.4 Å². The number of amides is 2. The SMILES string of the molecule is Cl.O.O.O=C1NCCCN1CC(O)CNCC(O)C1CCc2ccccc2O1. The number of benzene rings is 1. The van der Waals surface area contributed by atoms with E-state index in [9.17, 15) is 15.0 Å². The normalized spacial score (nSPS) is 20.1. The Labute approximate surface area is 171 Å².